The summed E-state index contributed by atoms with van der Waals surface area (Å²) in [4.78, 5) is 27.0. The van der Waals surface area contributed by atoms with Gasteiger partial charge in [0.2, 0.25) is 11.8 Å². The highest BCUT2D eigenvalue weighted by atomic mass is 35.5. The lowest BCUT2D eigenvalue weighted by molar-refractivity contribution is -0.140. The molecule has 2 aromatic carbocycles. The molecule has 0 aromatic heterocycles. The molecule has 0 unspecified atom stereocenters. The Balaban J connectivity index is 2.00. The van der Waals surface area contributed by atoms with Crippen LogP contribution in [0, 0.1) is 0 Å². The van der Waals surface area contributed by atoms with Crippen LogP contribution in [0.4, 0.5) is 0 Å². The standard InChI is InChI=1S/C22H27ClN2O2S/c1-3-20(22(27)24-2)25(15-17-9-11-19(23)12-10-17)21(26)13-14-28-16-18-7-5-4-6-8-18/h4-12,20H,3,13-16H2,1-2H3,(H,24,27)/t20-/m0/s1. The van der Waals surface area contributed by atoms with Crippen molar-refractivity contribution >= 4 is 35.2 Å². The van der Waals surface area contributed by atoms with E-state index in [1.807, 2.05) is 37.3 Å². The zero-order valence-electron chi connectivity index (χ0n) is 16.4. The van der Waals surface area contributed by atoms with E-state index in [4.69, 9.17) is 11.6 Å². The number of carbonyl (C=O) groups is 2. The fraction of sp³-hybridized carbons (Fsp3) is 0.364. The van der Waals surface area contributed by atoms with Gasteiger partial charge in [-0.25, -0.2) is 0 Å². The summed E-state index contributed by atoms with van der Waals surface area (Å²) < 4.78 is 0. The largest absolute Gasteiger partial charge is 0.357 e. The van der Waals surface area contributed by atoms with Gasteiger partial charge in [0.1, 0.15) is 6.04 Å². The van der Waals surface area contributed by atoms with Crippen molar-refractivity contribution in [3.05, 3.63) is 70.7 Å². The number of hydrogen-bond donors (Lipinski definition) is 1. The van der Waals surface area contributed by atoms with Crippen LogP contribution in [0.3, 0.4) is 0 Å². The smallest absolute Gasteiger partial charge is 0.242 e. The number of amides is 2. The molecule has 0 saturated heterocycles. The number of halogens is 1. The molecule has 150 valence electrons. The monoisotopic (exact) mass is 418 g/mol. The van der Waals surface area contributed by atoms with Crippen LogP contribution in [-0.2, 0) is 21.9 Å². The van der Waals surface area contributed by atoms with E-state index in [0.717, 1.165) is 17.1 Å². The average molecular weight is 419 g/mol. The Morgan fingerprint density at radius 3 is 2.36 bits per heavy atom. The van der Waals surface area contributed by atoms with Gasteiger partial charge in [0, 0.05) is 36.5 Å². The summed E-state index contributed by atoms with van der Waals surface area (Å²) in [5.74, 6) is 1.44. The van der Waals surface area contributed by atoms with Gasteiger partial charge in [-0.05, 0) is 29.7 Å². The number of likely N-dealkylation sites (N-methyl/N-ethyl adjacent to an activating group) is 1. The molecule has 4 nitrogen and oxygen atoms in total. The van der Waals surface area contributed by atoms with Gasteiger partial charge in [-0.15, -0.1) is 0 Å². The van der Waals surface area contributed by atoms with Crippen LogP contribution in [0.25, 0.3) is 0 Å². The Morgan fingerprint density at radius 1 is 1.07 bits per heavy atom. The summed E-state index contributed by atoms with van der Waals surface area (Å²) in [6, 6.07) is 17.1. The van der Waals surface area contributed by atoms with E-state index in [1.54, 1.807) is 35.8 Å². The third kappa shape index (κ3) is 6.88. The molecule has 0 radical (unpaired) electrons. The van der Waals surface area contributed by atoms with Gasteiger partial charge in [-0.2, -0.15) is 11.8 Å². The Kier molecular flexibility index (Phi) is 9.38. The first-order valence-corrected chi connectivity index (χ1v) is 11.0. The van der Waals surface area contributed by atoms with Crippen LogP contribution < -0.4 is 5.32 Å². The second-order valence-corrected chi connectivity index (χ2v) is 8.02. The van der Waals surface area contributed by atoms with E-state index in [2.05, 4.69) is 17.4 Å². The minimum Gasteiger partial charge on any atom is -0.357 e. The summed E-state index contributed by atoms with van der Waals surface area (Å²) >= 11 is 7.69. The number of nitrogens with one attached hydrogen (secondary N) is 1. The molecule has 6 heteroatoms. The highest BCUT2D eigenvalue weighted by Gasteiger charge is 2.27. The van der Waals surface area contributed by atoms with Gasteiger partial charge < -0.3 is 10.2 Å². The molecule has 1 atom stereocenters. The summed E-state index contributed by atoms with van der Waals surface area (Å²) in [7, 11) is 1.60. The van der Waals surface area contributed by atoms with Crippen molar-refractivity contribution in [1.29, 1.82) is 0 Å². The molecule has 2 rings (SSSR count). The lowest BCUT2D eigenvalue weighted by Gasteiger charge is -2.30. The maximum atomic E-state index is 13.0. The molecule has 2 amide bonds. The van der Waals surface area contributed by atoms with Gasteiger partial charge in [0.15, 0.2) is 0 Å². The number of nitrogens with zero attached hydrogens (tertiary/aromatic N) is 1. The normalized spacial score (nSPS) is 11.7. The number of thioether (sulfide) groups is 1. The minimum absolute atomic E-state index is 0.00837. The Labute approximate surface area is 176 Å². The van der Waals surface area contributed by atoms with Gasteiger partial charge in [-0.3, -0.25) is 9.59 Å². The highest BCUT2D eigenvalue weighted by Crippen LogP contribution is 2.18. The molecule has 0 aliphatic rings. The molecule has 0 fully saturated rings. The van der Waals surface area contributed by atoms with E-state index in [1.165, 1.54) is 5.56 Å². The van der Waals surface area contributed by atoms with Crippen LogP contribution in [0.5, 0.6) is 0 Å². The molecular formula is C22H27ClN2O2S. The van der Waals surface area contributed by atoms with Crippen molar-refractivity contribution < 1.29 is 9.59 Å². The number of rotatable bonds is 10. The minimum atomic E-state index is -0.479. The molecular weight excluding hydrogens is 392 g/mol. The summed E-state index contributed by atoms with van der Waals surface area (Å²) in [5, 5.41) is 3.33. The maximum Gasteiger partial charge on any atom is 0.242 e. The quantitative estimate of drug-likeness (QED) is 0.577. The van der Waals surface area contributed by atoms with Crippen LogP contribution in [0.2, 0.25) is 5.02 Å². The Morgan fingerprint density at radius 2 is 1.75 bits per heavy atom. The predicted molar refractivity (Wildman–Crippen MR) is 117 cm³/mol. The van der Waals surface area contributed by atoms with Crippen molar-refractivity contribution in [2.24, 2.45) is 0 Å². The van der Waals surface area contributed by atoms with Crippen molar-refractivity contribution in [2.75, 3.05) is 12.8 Å². The SMILES string of the molecule is CC[C@@H](C(=O)NC)N(Cc1ccc(Cl)cc1)C(=O)CCSCc1ccccc1. The lowest BCUT2D eigenvalue weighted by atomic mass is 10.1. The van der Waals surface area contributed by atoms with E-state index in [-0.39, 0.29) is 11.8 Å². The van der Waals surface area contributed by atoms with Gasteiger partial charge >= 0.3 is 0 Å². The zero-order chi connectivity index (χ0) is 20.4. The van der Waals surface area contributed by atoms with Gasteiger partial charge in [0.25, 0.3) is 0 Å². The summed E-state index contributed by atoms with van der Waals surface area (Å²) in [6.45, 7) is 2.32. The molecule has 0 saturated carbocycles. The second kappa shape index (κ2) is 11.8. The Hall–Kier alpha value is -1.98. The molecule has 0 bridgehead atoms. The molecule has 2 aromatic rings. The fourth-order valence-corrected chi connectivity index (χ4v) is 3.96. The van der Waals surface area contributed by atoms with E-state index in [0.29, 0.717) is 24.4 Å². The van der Waals surface area contributed by atoms with Crippen molar-refractivity contribution in [2.45, 2.75) is 38.1 Å². The molecule has 0 heterocycles. The number of benzene rings is 2. The first-order chi connectivity index (χ1) is 13.5. The van der Waals surface area contributed by atoms with Crippen molar-refractivity contribution in [1.82, 2.24) is 10.2 Å². The molecule has 0 aliphatic heterocycles. The third-order valence-electron chi connectivity index (χ3n) is 4.47. The zero-order valence-corrected chi connectivity index (χ0v) is 17.9. The van der Waals surface area contributed by atoms with Crippen LogP contribution >= 0.6 is 23.4 Å². The maximum absolute atomic E-state index is 13.0. The number of hydrogen-bond acceptors (Lipinski definition) is 3. The van der Waals surface area contributed by atoms with Gasteiger partial charge in [-0.1, -0.05) is 61.0 Å². The number of carbonyl (C=O) groups excluding carboxylic acids is 2. The molecule has 0 spiro atoms. The average Bonchev–Trinajstić information content (AvgIpc) is 2.72. The van der Waals surface area contributed by atoms with Gasteiger partial charge in [0.05, 0.1) is 0 Å². The lowest BCUT2D eigenvalue weighted by Crippen LogP contribution is -2.48. The van der Waals surface area contributed by atoms with Crippen LogP contribution in [-0.4, -0.2) is 35.6 Å². The summed E-state index contributed by atoms with van der Waals surface area (Å²) in [5.41, 5.74) is 2.20. The first kappa shape index (κ1) is 22.3. The molecule has 0 aliphatic carbocycles. The van der Waals surface area contributed by atoms with Crippen molar-refractivity contribution in [3.8, 4) is 0 Å². The van der Waals surface area contributed by atoms with Crippen LogP contribution in [0.15, 0.2) is 54.6 Å². The molecule has 1 N–H and O–H groups in total. The second-order valence-electron chi connectivity index (χ2n) is 6.47. The summed E-state index contributed by atoms with van der Waals surface area (Å²) in [6.07, 6.45) is 0.967. The van der Waals surface area contributed by atoms with E-state index < -0.39 is 6.04 Å². The first-order valence-electron chi connectivity index (χ1n) is 9.42. The van der Waals surface area contributed by atoms with Crippen LogP contribution in [0.1, 0.15) is 30.9 Å². The highest BCUT2D eigenvalue weighted by molar-refractivity contribution is 7.98. The predicted octanol–water partition coefficient (Wildman–Crippen LogP) is 4.52. The fourth-order valence-electron chi connectivity index (χ4n) is 2.94. The van der Waals surface area contributed by atoms with E-state index in [9.17, 15) is 9.59 Å². The Bertz CT molecular complexity index is 753. The van der Waals surface area contributed by atoms with Crippen molar-refractivity contribution in [3.63, 3.8) is 0 Å². The topological polar surface area (TPSA) is 49.4 Å². The third-order valence-corrected chi connectivity index (χ3v) is 5.75. The van der Waals surface area contributed by atoms with E-state index >= 15 is 0 Å². The molecule has 28 heavy (non-hydrogen) atoms.